The summed E-state index contributed by atoms with van der Waals surface area (Å²) in [7, 11) is 0. The van der Waals surface area contributed by atoms with E-state index >= 15 is 0 Å². The Labute approximate surface area is 193 Å². The lowest BCUT2D eigenvalue weighted by molar-refractivity contribution is 0.215. The van der Waals surface area contributed by atoms with Crippen LogP contribution in [0.3, 0.4) is 0 Å². The molecule has 0 aliphatic carbocycles. The Bertz CT molecular complexity index is 1160. The molecular formula is C25H29N5O3. The van der Waals surface area contributed by atoms with Crippen LogP contribution >= 0.6 is 0 Å². The Morgan fingerprint density at radius 2 is 1.79 bits per heavy atom. The third-order valence-electron chi connectivity index (χ3n) is 5.60. The second kappa shape index (κ2) is 10.2. The van der Waals surface area contributed by atoms with Crippen molar-refractivity contribution in [2.45, 2.75) is 20.3 Å². The van der Waals surface area contributed by atoms with E-state index in [-0.39, 0.29) is 11.6 Å². The number of para-hydroxylation sites is 2. The number of carbonyl (C=O) groups is 1. The summed E-state index contributed by atoms with van der Waals surface area (Å²) < 4.78 is 7.04. The molecule has 1 saturated heterocycles. The van der Waals surface area contributed by atoms with Crippen molar-refractivity contribution in [1.82, 2.24) is 14.7 Å². The predicted octanol–water partition coefficient (Wildman–Crippen LogP) is 3.68. The second-order valence-corrected chi connectivity index (χ2v) is 7.96. The number of anilines is 2. The van der Waals surface area contributed by atoms with Crippen LogP contribution in [0.4, 0.5) is 16.3 Å². The van der Waals surface area contributed by atoms with E-state index in [1.807, 2.05) is 62.4 Å². The first-order valence-electron chi connectivity index (χ1n) is 11.3. The van der Waals surface area contributed by atoms with Gasteiger partial charge in [-0.1, -0.05) is 29.8 Å². The van der Waals surface area contributed by atoms with Crippen LogP contribution in [0.1, 0.15) is 18.9 Å². The fourth-order valence-corrected chi connectivity index (χ4v) is 3.84. The van der Waals surface area contributed by atoms with Crippen molar-refractivity contribution in [3.8, 4) is 11.4 Å². The van der Waals surface area contributed by atoms with Gasteiger partial charge >= 0.3 is 6.03 Å². The van der Waals surface area contributed by atoms with Crippen LogP contribution in [0, 0.1) is 6.92 Å². The maximum Gasteiger partial charge on any atom is 0.322 e. The first-order valence-corrected chi connectivity index (χ1v) is 11.3. The van der Waals surface area contributed by atoms with Crippen LogP contribution in [-0.2, 0) is 0 Å². The van der Waals surface area contributed by atoms with Crippen molar-refractivity contribution in [3.63, 3.8) is 0 Å². The van der Waals surface area contributed by atoms with Gasteiger partial charge in [0.15, 0.2) is 0 Å². The fraction of sp³-hybridized carbons (Fsp3) is 0.320. The Kier molecular flexibility index (Phi) is 6.92. The molecule has 0 unspecified atom stereocenters. The van der Waals surface area contributed by atoms with Gasteiger partial charge in [0.05, 0.1) is 18.0 Å². The Hall–Kier alpha value is -3.81. The lowest BCUT2D eigenvalue weighted by Gasteiger charge is -2.23. The van der Waals surface area contributed by atoms with E-state index in [2.05, 4.69) is 15.3 Å². The van der Waals surface area contributed by atoms with Crippen LogP contribution in [0.2, 0.25) is 0 Å². The van der Waals surface area contributed by atoms with Gasteiger partial charge in [0.25, 0.3) is 5.56 Å². The van der Waals surface area contributed by atoms with E-state index in [4.69, 9.17) is 4.74 Å². The summed E-state index contributed by atoms with van der Waals surface area (Å²) in [4.78, 5) is 29.2. The molecule has 3 aromatic rings. The largest absolute Gasteiger partial charge is 0.492 e. The molecule has 0 bridgehead atoms. The van der Waals surface area contributed by atoms with E-state index in [0.717, 1.165) is 30.0 Å². The monoisotopic (exact) mass is 447 g/mol. The quantitative estimate of drug-likeness (QED) is 0.645. The highest BCUT2D eigenvalue weighted by Crippen LogP contribution is 2.24. The molecule has 8 nitrogen and oxygen atoms in total. The van der Waals surface area contributed by atoms with Crippen molar-refractivity contribution >= 4 is 17.5 Å². The molecule has 1 aliphatic rings. The Balaban J connectivity index is 1.45. The van der Waals surface area contributed by atoms with Crippen LogP contribution < -0.4 is 20.5 Å². The summed E-state index contributed by atoms with van der Waals surface area (Å²) in [6.07, 6.45) is 0.797. The Morgan fingerprint density at radius 1 is 1.00 bits per heavy atom. The number of urea groups is 1. The lowest BCUT2D eigenvalue weighted by Crippen LogP contribution is -2.38. The van der Waals surface area contributed by atoms with E-state index in [9.17, 15) is 9.59 Å². The number of amides is 2. The van der Waals surface area contributed by atoms with Gasteiger partial charge in [0.2, 0.25) is 0 Å². The Morgan fingerprint density at radius 3 is 2.58 bits per heavy atom. The average Bonchev–Trinajstić information content (AvgIpc) is 3.08. The molecular weight excluding hydrogens is 418 g/mol. The first-order chi connectivity index (χ1) is 16.0. The molecule has 4 rings (SSSR count). The van der Waals surface area contributed by atoms with Gasteiger partial charge < -0.3 is 19.9 Å². The molecule has 0 saturated carbocycles. The van der Waals surface area contributed by atoms with Gasteiger partial charge in [-0.25, -0.2) is 4.79 Å². The van der Waals surface area contributed by atoms with Crippen molar-refractivity contribution in [2.75, 3.05) is 43.0 Å². The molecule has 2 amide bonds. The molecule has 1 aromatic heterocycles. The number of nitrogens with one attached hydrogen (secondary N) is 1. The molecule has 33 heavy (non-hydrogen) atoms. The summed E-state index contributed by atoms with van der Waals surface area (Å²) in [5.41, 5.74) is 2.35. The maximum atomic E-state index is 12.9. The second-order valence-electron chi connectivity index (χ2n) is 7.96. The minimum Gasteiger partial charge on any atom is -0.492 e. The topological polar surface area (TPSA) is 79.7 Å². The molecule has 8 heteroatoms. The number of benzene rings is 2. The van der Waals surface area contributed by atoms with Gasteiger partial charge in [-0.05, 0) is 50.6 Å². The van der Waals surface area contributed by atoms with Crippen molar-refractivity contribution < 1.29 is 9.53 Å². The number of ether oxygens (including phenoxy) is 1. The summed E-state index contributed by atoms with van der Waals surface area (Å²) in [6.45, 7) is 7.01. The summed E-state index contributed by atoms with van der Waals surface area (Å²) in [5, 5.41) is 7.57. The third-order valence-corrected chi connectivity index (χ3v) is 5.60. The van der Waals surface area contributed by atoms with E-state index < -0.39 is 0 Å². The third kappa shape index (κ3) is 5.34. The van der Waals surface area contributed by atoms with Crippen LogP contribution in [0.25, 0.3) is 5.69 Å². The SMILES string of the molecule is CCOc1ccccc1NC(=O)N1CCCN(c2ccc(=O)n(-c3ccc(C)cc3)n2)CC1. The first kappa shape index (κ1) is 22.4. The highest BCUT2D eigenvalue weighted by Gasteiger charge is 2.21. The number of hydrogen-bond donors (Lipinski definition) is 1. The summed E-state index contributed by atoms with van der Waals surface area (Å²) in [6, 6.07) is 18.3. The molecule has 1 N–H and O–H groups in total. The zero-order chi connectivity index (χ0) is 23.2. The van der Waals surface area contributed by atoms with E-state index in [1.54, 1.807) is 17.0 Å². The van der Waals surface area contributed by atoms with E-state index in [0.29, 0.717) is 37.7 Å². The van der Waals surface area contributed by atoms with Gasteiger partial charge in [-0.2, -0.15) is 4.68 Å². The number of carbonyl (C=O) groups excluding carboxylic acids is 1. The van der Waals surface area contributed by atoms with Gasteiger partial charge in [0.1, 0.15) is 11.6 Å². The summed E-state index contributed by atoms with van der Waals surface area (Å²) in [5.74, 6) is 1.38. The number of aryl methyl sites for hydroxylation is 1. The highest BCUT2D eigenvalue weighted by atomic mass is 16.5. The molecule has 0 spiro atoms. The fourth-order valence-electron chi connectivity index (χ4n) is 3.84. The maximum absolute atomic E-state index is 12.9. The van der Waals surface area contributed by atoms with Crippen LogP contribution in [0.15, 0.2) is 65.5 Å². The van der Waals surface area contributed by atoms with Crippen LogP contribution in [0.5, 0.6) is 5.75 Å². The number of rotatable bonds is 5. The molecule has 0 atom stereocenters. The molecule has 1 aliphatic heterocycles. The van der Waals surface area contributed by atoms with Crippen molar-refractivity contribution in [2.24, 2.45) is 0 Å². The number of hydrogen-bond acceptors (Lipinski definition) is 5. The normalized spacial score (nSPS) is 14.0. The van der Waals surface area contributed by atoms with Crippen molar-refractivity contribution in [3.05, 3.63) is 76.6 Å². The van der Waals surface area contributed by atoms with Crippen LogP contribution in [-0.4, -0.2) is 53.5 Å². The summed E-state index contributed by atoms with van der Waals surface area (Å²) >= 11 is 0. The molecule has 2 heterocycles. The average molecular weight is 448 g/mol. The highest BCUT2D eigenvalue weighted by molar-refractivity contribution is 5.91. The molecule has 0 radical (unpaired) electrons. The molecule has 172 valence electrons. The van der Waals surface area contributed by atoms with Gasteiger partial charge in [0, 0.05) is 32.2 Å². The van der Waals surface area contributed by atoms with Gasteiger partial charge in [-0.15, -0.1) is 5.10 Å². The number of aromatic nitrogens is 2. The minimum absolute atomic E-state index is 0.151. The zero-order valence-electron chi connectivity index (χ0n) is 19.0. The standard InChI is InChI=1S/C25H29N5O3/c1-3-33-22-8-5-4-7-21(22)26-25(32)29-16-6-15-28(17-18-29)23-13-14-24(31)30(27-23)20-11-9-19(2)10-12-20/h4-5,7-14H,3,6,15-18H2,1-2H3,(H,26,32). The molecule has 1 fully saturated rings. The minimum atomic E-state index is -0.175. The zero-order valence-corrected chi connectivity index (χ0v) is 19.0. The predicted molar refractivity (Wildman–Crippen MR) is 130 cm³/mol. The smallest absolute Gasteiger partial charge is 0.322 e. The van der Waals surface area contributed by atoms with Crippen molar-refractivity contribution in [1.29, 1.82) is 0 Å². The molecule has 2 aromatic carbocycles. The lowest BCUT2D eigenvalue weighted by atomic mass is 10.2. The number of nitrogens with zero attached hydrogens (tertiary/aromatic N) is 4. The van der Waals surface area contributed by atoms with Gasteiger partial charge in [-0.3, -0.25) is 4.79 Å². The van der Waals surface area contributed by atoms with E-state index in [1.165, 1.54) is 4.68 Å².